The molecule has 0 fully saturated rings. The SMILES string of the molecule is COc1cc(OC)c2cc(C)c3c(c2c1)OCC=C3. The molecule has 0 aliphatic carbocycles. The molecule has 98 valence electrons. The Labute approximate surface area is 112 Å². The molecule has 0 unspecified atom stereocenters. The van der Waals surface area contributed by atoms with Crippen LogP contribution in [0.2, 0.25) is 0 Å². The molecule has 0 N–H and O–H groups in total. The van der Waals surface area contributed by atoms with Crippen LogP contribution in [0.25, 0.3) is 16.8 Å². The Bertz CT molecular complexity index is 671. The molecule has 0 aromatic heterocycles. The lowest BCUT2D eigenvalue weighted by Gasteiger charge is -2.19. The second-order valence-electron chi connectivity index (χ2n) is 4.57. The summed E-state index contributed by atoms with van der Waals surface area (Å²) in [5.41, 5.74) is 2.32. The number of hydrogen-bond donors (Lipinski definition) is 0. The van der Waals surface area contributed by atoms with Crippen LogP contribution in [0.3, 0.4) is 0 Å². The molecule has 1 heterocycles. The highest BCUT2D eigenvalue weighted by Gasteiger charge is 2.16. The number of aryl methyl sites for hydroxylation is 1. The van der Waals surface area contributed by atoms with Crippen molar-refractivity contribution < 1.29 is 14.2 Å². The summed E-state index contributed by atoms with van der Waals surface area (Å²) >= 11 is 0. The van der Waals surface area contributed by atoms with Crippen LogP contribution < -0.4 is 14.2 Å². The van der Waals surface area contributed by atoms with Crippen molar-refractivity contribution in [1.29, 1.82) is 0 Å². The molecule has 0 bridgehead atoms. The summed E-state index contributed by atoms with van der Waals surface area (Å²) in [6, 6.07) is 6.02. The van der Waals surface area contributed by atoms with Crippen LogP contribution in [0.5, 0.6) is 17.2 Å². The van der Waals surface area contributed by atoms with Gasteiger partial charge in [-0.25, -0.2) is 0 Å². The Morgan fingerprint density at radius 2 is 1.89 bits per heavy atom. The second kappa shape index (κ2) is 4.50. The predicted molar refractivity (Wildman–Crippen MR) is 76.3 cm³/mol. The molecule has 2 aromatic rings. The fourth-order valence-electron chi connectivity index (χ4n) is 2.50. The van der Waals surface area contributed by atoms with Crippen LogP contribution in [0, 0.1) is 6.92 Å². The highest BCUT2D eigenvalue weighted by Crippen LogP contribution is 2.41. The Balaban J connectivity index is 2.41. The van der Waals surface area contributed by atoms with E-state index in [1.165, 1.54) is 5.56 Å². The third-order valence-corrected chi connectivity index (χ3v) is 3.45. The molecule has 3 rings (SSSR count). The van der Waals surface area contributed by atoms with Gasteiger partial charge in [-0.15, -0.1) is 0 Å². The third kappa shape index (κ3) is 1.82. The van der Waals surface area contributed by atoms with Gasteiger partial charge in [0.25, 0.3) is 0 Å². The Morgan fingerprint density at radius 1 is 1.05 bits per heavy atom. The van der Waals surface area contributed by atoms with E-state index in [1.807, 2.05) is 18.2 Å². The van der Waals surface area contributed by atoms with E-state index in [9.17, 15) is 0 Å². The second-order valence-corrected chi connectivity index (χ2v) is 4.57. The Morgan fingerprint density at radius 3 is 2.63 bits per heavy atom. The van der Waals surface area contributed by atoms with Crippen molar-refractivity contribution in [3.63, 3.8) is 0 Å². The number of hydrogen-bond acceptors (Lipinski definition) is 3. The van der Waals surface area contributed by atoms with E-state index in [0.717, 1.165) is 33.6 Å². The molecule has 0 saturated heterocycles. The van der Waals surface area contributed by atoms with Crippen LogP contribution >= 0.6 is 0 Å². The number of methoxy groups -OCH3 is 2. The summed E-state index contributed by atoms with van der Waals surface area (Å²) in [6.07, 6.45) is 4.14. The van der Waals surface area contributed by atoms with Crippen LogP contribution in [-0.4, -0.2) is 20.8 Å². The molecular weight excluding hydrogens is 240 g/mol. The fraction of sp³-hybridized carbons (Fsp3) is 0.250. The fourth-order valence-corrected chi connectivity index (χ4v) is 2.50. The van der Waals surface area contributed by atoms with Gasteiger partial charge in [-0.2, -0.15) is 0 Å². The van der Waals surface area contributed by atoms with Crippen LogP contribution in [0.15, 0.2) is 24.3 Å². The molecule has 3 nitrogen and oxygen atoms in total. The molecule has 19 heavy (non-hydrogen) atoms. The van der Waals surface area contributed by atoms with E-state index in [1.54, 1.807) is 14.2 Å². The van der Waals surface area contributed by atoms with Gasteiger partial charge in [0.05, 0.1) is 14.2 Å². The molecule has 0 atom stereocenters. The van der Waals surface area contributed by atoms with Crippen LogP contribution in [-0.2, 0) is 0 Å². The Hall–Kier alpha value is -2.16. The van der Waals surface area contributed by atoms with E-state index in [2.05, 4.69) is 19.1 Å². The standard InChI is InChI=1S/C16H16O3/c1-10-7-13-14(16-12(10)5-4-6-19-16)8-11(17-2)9-15(13)18-3/h4-5,7-9H,6H2,1-3H3. The van der Waals surface area contributed by atoms with Crippen molar-refractivity contribution in [2.45, 2.75) is 6.92 Å². The quantitative estimate of drug-likeness (QED) is 0.822. The van der Waals surface area contributed by atoms with Crippen molar-refractivity contribution in [1.82, 2.24) is 0 Å². The van der Waals surface area contributed by atoms with Gasteiger partial charge in [0.1, 0.15) is 23.9 Å². The maximum Gasteiger partial charge on any atom is 0.135 e. The highest BCUT2D eigenvalue weighted by molar-refractivity contribution is 5.98. The van der Waals surface area contributed by atoms with Gasteiger partial charge in [-0.1, -0.05) is 6.08 Å². The lowest BCUT2D eigenvalue weighted by atomic mass is 9.98. The minimum absolute atomic E-state index is 0.602. The first kappa shape index (κ1) is 11.9. The smallest absolute Gasteiger partial charge is 0.135 e. The van der Waals surface area contributed by atoms with Gasteiger partial charge < -0.3 is 14.2 Å². The van der Waals surface area contributed by atoms with Crippen molar-refractivity contribution in [2.24, 2.45) is 0 Å². The van der Waals surface area contributed by atoms with Crippen molar-refractivity contribution in [2.75, 3.05) is 20.8 Å². The molecule has 2 aromatic carbocycles. The van der Waals surface area contributed by atoms with Crippen molar-refractivity contribution in [3.05, 3.63) is 35.4 Å². The summed E-state index contributed by atoms with van der Waals surface area (Å²) in [5.74, 6) is 2.49. The first-order valence-electron chi connectivity index (χ1n) is 6.23. The van der Waals surface area contributed by atoms with E-state index in [0.29, 0.717) is 6.61 Å². The largest absolute Gasteiger partial charge is 0.497 e. The van der Waals surface area contributed by atoms with E-state index in [-0.39, 0.29) is 0 Å². The number of benzene rings is 2. The molecule has 0 radical (unpaired) electrons. The zero-order valence-corrected chi connectivity index (χ0v) is 11.3. The zero-order chi connectivity index (χ0) is 13.4. The lowest BCUT2D eigenvalue weighted by Crippen LogP contribution is -2.03. The molecule has 0 amide bonds. The normalized spacial score (nSPS) is 13.0. The minimum Gasteiger partial charge on any atom is -0.497 e. The van der Waals surface area contributed by atoms with E-state index < -0.39 is 0 Å². The topological polar surface area (TPSA) is 27.7 Å². The molecule has 0 saturated carbocycles. The maximum atomic E-state index is 5.82. The molecule has 1 aliphatic heterocycles. The van der Waals surface area contributed by atoms with Crippen LogP contribution in [0.1, 0.15) is 11.1 Å². The molecule has 0 spiro atoms. The van der Waals surface area contributed by atoms with E-state index in [4.69, 9.17) is 14.2 Å². The van der Waals surface area contributed by atoms with Gasteiger partial charge in [-0.3, -0.25) is 0 Å². The monoisotopic (exact) mass is 256 g/mol. The van der Waals surface area contributed by atoms with Gasteiger partial charge in [0.15, 0.2) is 0 Å². The number of rotatable bonds is 2. The maximum absolute atomic E-state index is 5.82. The van der Waals surface area contributed by atoms with Gasteiger partial charge in [0.2, 0.25) is 0 Å². The minimum atomic E-state index is 0.602. The number of ether oxygens (including phenoxy) is 3. The van der Waals surface area contributed by atoms with Crippen LogP contribution in [0.4, 0.5) is 0 Å². The highest BCUT2D eigenvalue weighted by atomic mass is 16.5. The number of fused-ring (bicyclic) bond motifs is 3. The van der Waals surface area contributed by atoms with E-state index >= 15 is 0 Å². The lowest BCUT2D eigenvalue weighted by molar-refractivity contribution is 0.362. The summed E-state index contributed by atoms with van der Waals surface area (Å²) in [5, 5.41) is 2.08. The summed E-state index contributed by atoms with van der Waals surface area (Å²) < 4.78 is 16.6. The van der Waals surface area contributed by atoms with Gasteiger partial charge in [-0.05, 0) is 30.7 Å². The first-order chi connectivity index (χ1) is 9.24. The summed E-state index contributed by atoms with van der Waals surface area (Å²) in [4.78, 5) is 0. The first-order valence-corrected chi connectivity index (χ1v) is 6.23. The zero-order valence-electron chi connectivity index (χ0n) is 11.3. The Kier molecular flexibility index (Phi) is 2.82. The van der Waals surface area contributed by atoms with Gasteiger partial charge in [0, 0.05) is 22.4 Å². The van der Waals surface area contributed by atoms with Gasteiger partial charge >= 0.3 is 0 Å². The van der Waals surface area contributed by atoms with Crippen molar-refractivity contribution >= 4 is 16.8 Å². The average Bonchev–Trinajstić information content (AvgIpc) is 2.47. The summed E-state index contributed by atoms with van der Waals surface area (Å²) in [6.45, 7) is 2.69. The third-order valence-electron chi connectivity index (χ3n) is 3.45. The summed E-state index contributed by atoms with van der Waals surface area (Å²) in [7, 11) is 3.33. The predicted octanol–water partition coefficient (Wildman–Crippen LogP) is 3.57. The molecule has 3 heteroatoms. The molecular formula is C16H16O3. The van der Waals surface area contributed by atoms with Crippen molar-refractivity contribution in [3.8, 4) is 17.2 Å². The molecule has 1 aliphatic rings. The average molecular weight is 256 g/mol.